The molecule has 0 N–H and O–H groups in total. The van der Waals surface area contributed by atoms with Crippen LogP contribution in [0.4, 0.5) is 0 Å². The van der Waals surface area contributed by atoms with Gasteiger partial charge in [0.15, 0.2) is 0 Å². The van der Waals surface area contributed by atoms with E-state index >= 15 is 0 Å². The van der Waals surface area contributed by atoms with E-state index in [1.54, 1.807) is 11.3 Å². The third kappa shape index (κ3) is 14.8. The first kappa shape index (κ1) is 86.5. The van der Waals surface area contributed by atoms with Crippen LogP contribution < -0.4 is 0 Å². The van der Waals surface area contributed by atoms with Gasteiger partial charge in [-0.2, -0.15) is 0 Å². The molecule has 32 rings (SSSR count). The Morgan fingerprint density at radius 1 is 0.128 bits per heavy atom. The largest absolute Gasteiger partial charge is 0.255 e. The summed E-state index contributed by atoms with van der Waals surface area (Å²) in [6.45, 7) is 0. The van der Waals surface area contributed by atoms with Gasteiger partial charge in [0.05, 0.1) is 42.6 Å². The summed E-state index contributed by atoms with van der Waals surface area (Å²) in [4.78, 5) is 21.3. The summed E-state index contributed by atoms with van der Waals surface area (Å²) in [6.07, 6.45) is 3.95. The first-order valence-electron chi connectivity index (χ1n) is 50.2. The molecular formula is C140H84N4S4. The maximum atomic E-state index is 5.31. The Labute approximate surface area is 867 Å². The summed E-state index contributed by atoms with van der Waals surface area (Å²) < 4.78 is 8.91. The molecule has 32 aromatic rings. The van der Waals surface area contributed by atoms with Gasteiger partial charge in [-0.25, -0.2) is 15.0 Å². The van der Waals surface area contributed by atoms with E-state index in [1.807, 2.05) is 46.4 Å². The smallest absolute Gasteiger partial charge is 0.124 e. The number of hydrogen-bond donors (Lipinski definition) is 0. The number of pyridine rings is 4. The second kappa shape index (κ2) is 36.0. The van der Waals surface area contributed by atoms with Gasteiger partial charge in [0, 0.05) is 108 Å². The maximum Gasteiger partial charge on any atom is 0.124 e. The summed E-state index contributed by atoms with van der Waals surface area (Å²) >= 11 is 7.25. The number of nitrogens with zero attached hydrogens (tertiary/aromatic N) is 4. The lowest BCUT2D eigenvalue weighted by Crippen LogP contribution is -1.90. The highest BCUT2D eigenvalue weighted by Crippen LogP contribution is 2.50. The number of hydrogen-bond acceptors (Lipinski definition) is 8. The van der Waals surface area contributed by atoms with Crippen molar-refractivity contribution in [3.8, 4) is 89.7 Å². The SMILES string of the molecule is c1cc(-c2cnc3sc4ccccc4c3c2)cc(-c2ccc3c4ccccc4c4ccccc4c3c2)c1.c1ccc(-c2cc3c(sc4ccccc43)c(-c3ccc4c5ccccc5c5ccccc5c4c3)n2)cc1.c1ccc(-c2nc(-c3cccc(-c4ccc5c6ccccc6c6ccccc6c5c4)c3)cc3c2sc2ccccc23)cc1.c1ccc2c(c1)sc1c(-c3ccc4c5ccccc5c5ccccc5c4c3)nccc12. The minimum atomic E-state index is 0.994. The van der Waals surface area contributed by atoms with Crippen molar-refractivity contribution in [3.05, 3.63) is 510 Å². The van der Waals surface area contributed by atoms with Gasteiger partial charge in [-0.3, -0.25) is 4.98 Å². The monoisotopic (exact) mass is 1950 g/mol. The second-order valence-corrected chi connectivity index (χ2v) is 42.5. The van der Waals surface area contributed by atoms with Crippen LogP contribution in [-0.4, -0.2) is 19.9 Å². The zero-order valence-corrected chi connectivity index (χ0v) is 83.2. The van der Waals surface area contributed by atoms with Crippen molar-refractivity contribution < 1.29 is 0 Å². The van der Waals surface area contributed by atoms with Crippen LogP contribution in [0.5, 0.6) is 0 Å². The van der Waals surface area contributed by atoms with E-state index in [-0.39, 0.29) is 0 Å². The zero-order chi connectivity index (χ0) is 97.4. The van der Waals surface area contributed by atoms with Crippen molar-refractivity contribution >= 4 is 255 Å². The number of fused-ring (bicyclic) bond motifs is 36. The normalized spacial score (nSPS) is 11.8. The van der Waals surface area contributed by atoms with Gasteiger partial charge < -0.3 is 0 Å². The Bertz CT molecular complexity index is 10900. The Morgan fingerprint density at radius 3 is 0.770 bits per heavy atom. The minimum absolute atomic E-state index is 0.994. The summed E-state index contributed by atoms with van der Waals surface area (Å²) in [5.74, 6) is 0. The van der Waals surface area contributed by atoms with E-state index in [4.69, 9.17) is 19.9 Å². The molecule has 8 heteroatoms. The molecule has 0 amide bonds. The van der Waals surface area contributed by atoms with Gasteiger partial charge in [-0.05, 0) is 242 Å². The van der Waals surface area contributed by atoms with E-state index in [2.05, 4.69) is 497 Å². The van der Waals surface area contributed by atoms with E-state index < -0.39 is 0 Å². The maximum absolute atomic E-state index is 5.31. The van der Waals surface area contributed by atoms with Gasteiger partial charge >= 0.3 is 0 Å². The zero-order valence-electron chi connectivity index (χ0n) is 79.9. The molecule has 8 aromatic heterocycles. The van der Waals surface area contributed by atoms with E-state index in [0.717, 1.165) is 61.1 Å². The van der Waals surface area contributed by atoms with Crippen LogP contribution >= 0.6 is 45.3 Å². The Morgan fingerprint density at radius 2 is 0.378 bits per heavy atom. The van der Waals surface area contributed by atoms with E-state index in [0.29, 0.717) is 0 Å². The van der Waals surface area contributed by atoms with E-state index in [1.165, 1.54) is 239 Å². The van der Waals surface area contributed by atoms with Crippen molar-refractivity contribution in [1.82, 2.24) is 19.9 Å². The van der Waals surface area contributed by atoms with Gasteiger partial charge in [0.1, 0.15) is 4.83 Å². The lowest BCUT2D eigenvalue weighted by atomic mass is 9.91. The first-order chi connectivity index (χ1) is 73.4. The van der Waals surface area contributed by atoms with Gasteiger partial charge in [0.25, 0.3) is 0 Å². The van der Waals surface area contributed by atoms with Crippen LogP contribution in [0.2, 0.25) is 0 Å². The molecule has 0 radical (unpaired) electrons. The third-order valence-corrected chi connectivity index (χ3v) is 34.6. The highest BCUT2D eigenvalue weighted by Gasteiger charge is 2.23. The highest BCUT2D eigenvalue weighted by atomic mass is 32.1. The predicted octanol–water partition coefficient (Wildman–Crippen LogP) is 41.0. The van der Waals surface area contributed by atoms with Crippen LogP contribution in [0, 0.1) is 0 Å². The molecule has 0 fully saturated rings. The fourth-order valence-electron chi connectivity index (χ4n) is 23.0. The lowest BCUT2D eigenvalue weighted by molar-refractivity contribution is 1.36. The van der Waals surface area contributed by atoms with Crippen LogP contribution in [-0.2, 0) is 0 Å². The van der Waals surface area contributed by atoms with Gasteiger partial charge in [0.2, 0.25) is 0 Å². The number of thiophene rings is 4. The third-order valence-electron chi connectivity index (χ3n) is 29.9. The van der Waals surface area contributed by atoms with Crippen LogP contribution in [0.25, 0.3) is 300 Å². The van der Waals surface area contributed by atoms with Crippen LogP contribution in [0.15, 0.2) is 510 Å². The fourth-order valence-corrected chi connectivity index (χ4v) is 27.6. The van der Waals surface area contributed by atoms with Crippen molar-refractivity contribution in [3.63, 3.8) is 0 Å². The Balaban J connectivity index is 0.0000000936. The molecule has 688 valence electrons. The second-order valence-electron chi connectivity index (χ2n) is 38.3. The minimum Gasteiger partial charge on any atom is -0.255 e. The van der Waals surface area contributed by atoms with Gasteiger partial charge in [-0.1, -0.05) is 413 Å². The molecule has 0 aliphatic rings. The highest BCUT2D eigenvalue weighted by molar-refractivity contribution is 7.27. The molecule has 0 saturated heterocycles. The molecule has 0 spiro atoms. The fraction of sp³-hybridized carbons (Fsp3) is 0. The Kier molecular flexibility index (Phi) is 21.1. The lowest BCUT2D eigenvalue weighted by Gasteiger charge is -2.13. The molecule has 0 unspecified atom stereocenters. The number of benzene rings is 24. The van der Waals surface area contributed by atoms with Crippen molar-refractivity contribution in [1.29, 1.82) is 0 Å². The van der Waals surface area contributed by atoms with Crippen molar-refractivity contribution in [2.75, 3.05) is 0 Å². The number of aromatic nitrogens is 4. The predicted molar refractivity (Wildman–Crippen MR) is 642 cm³/mol. The molecule has 4 nitrogen and oxygen atoms in total. The standard InChI is InChI=1S/C41H25NS.2C35H21NS.C29H17NS/c1-2-11-26(12-3-1)40-41-37(35-19-8-9-20-39(35)43-41)25-38(42-40)29-14-10-13-27(23-29)28-21-22-34-32-17-5-4-15-30(32)31-16-6-7-18-33(31)36(34)24-28;1-2-12-28-26(10-1)27-11-3-4-13-29(27)32-19-24(16-17-30(28)32)22-8-7-9-23(18-22)25-20-33-31-14-5-6-15-34(31)37-35(33)36-21-25;1-2-10-22(11-3-1)32-21-31-29-16-8-9-17-33(29)37-35(31)34(36-32)23-18-19-28-26-14-5-4-12-24(26)25-13-6-7-15-27(25)30(28)20-23;1-2-9-21-19(7-1)20-8-3-4-10-22(20)26-17-18(13-14-23(21)26)28-29-25(15-16-30-28)24-11-5-6-12-27(24)31-29/h1-25H;2*1-21H;1-17H. The molecule has 0 aliphatic heterocycles. The van der Waals surface area contributed by atoms with E-state index in [9.17, 15) is 0 Å². The summed E-state index contributed by atoms with van der Waals surface area (Å²) in [5, 5.41) is 41.3. The molecule has 24 aromatic carbocycles. The average molecular weight is 1950 g/mol. The average Bonchev–Trinajstić information content (AvgIpc) is 1.50. The first-order valence-corrected chi connectivity index (χ1v) is 53.5. The molecule has 8 heterocycles. The van der Waals surface area contributed by atoms with Crippen molar-refractivity contribution in [2.24, 2.45) is 0 Å². The number of rotatable bonds is 8. The van der Waals surface area contributed by atoms with Crippen molar-refractivity contribution in [2.45, 2.75) is 0 Å². The molecule has 0 aliphatic carbocycles. The Hall–Kier alpha value is -18.1. The summed E-state index contributed by atoms with van der Waals surface area (Å²) in [6, 6.07) is 180. The topological polar surface area (TPSA) is 51.6 Å². The summed E-state index contributed by atoms with van der Waals surface area (Å²) in [5.41, 5.74) is 18.1. The molecule has 0 atom stereocenters. The van der Waals surface area contributed by atoms with Crippen LogP contribution in [0.1, 0.15) is 0 Å². The molecular weight excluding hydrogens is 1870 g/mol. The van der Waals surface area contributed by atoms with Gasteiger partial charge in [-0.15, -0.1) is 45.3 Å². The molecule has 148 heavy (non-hydrogen) atoms. The van der Waals surface area contributed by atoms with Crippen LogP contribution in [0.3, 0.4) is 0 Å². The molecule has 0 saturated carbocycles. The molecule has 0 bridgehead atoms. The summed E-state index contributed by atoms with van der Waals surface area (Å²) in [7, 11) is 0. The quantitative estimate of drug-likeness (QED) is 0.142.